The van der Waals surface area contributed by atoms with Gasteiger partial charge in [-0.2, -0.15) is 0 Å². The fourth-order valence-corrected chi connectivity index (χ4v) is 3.12. The van der Waals surface area contributed by atoms with Crippen LogP contribution < -0.4 is 0 Å². The third kappa shape index (κ3) is 2.10. The van der Waals surface area contributed by atoms with Gasteiger partial charge < -0.3 is 4.57 Å². The van der Waals surface area contributed by atoms with Crippen LogP contribution in [0.4, 0.5) is 0 Å². The molecule has 0 saturated carbocycles. The first-order valence-corrected chi connectivity index (χ1v) is 7.12. The molecule has 17 heavy (non-hydrogen) atoms. The summed E-state index contributed by atoms with van der Waals surface area (Å²) in [4.78, 5) is 10.6. The Morgan fingerprint density at radius 2 is 1.59 bits per heavy atom. The SMILES string of the molecule is CC(C)c1nc2nc(C(C)C)n(C(C)C)c2s1. The van der Waals surface area contributed by atoms with Gasteiger partial charge in [0, 0.05) is 17.9 Å². The van der Waals surface area contributed by atoms with Gasteiger partial charge in [-0.3, -0.25) is 0 Å². The monoisotopic (exact) mass is 251 g/mol. The fourth-order valence-electron chi connectivity index (χ4n) is 1.97. The first-order valence-electron chi connectivity index (χ1n) is 6.30. The number of imidazole rings is 1. The normalized spacial score (nSPS) is 12.5. The standard InChI is InChI=1S/C13H21N3S/c1-7(2)11-14-10-13(16(11)9(5)6)17-12(15-10)8(3)4/h7-9H,1-6H3. The molecule has 0 bridgehead atoms. The summed E-state index contributed by atoms with van der Waals surface area (Å²) in [7, 11) is 0. The Labute approximate surface area is 107 Å². The van der Waals surface area contributed by atoms with Gasteiger partial charge in [-0.25, -0.2) is 9.97 Å². The van der Waals surface area contributed by atoms with E-state index >= 15 is 0 Å². The second-order valence-electron chi connectivity index (χ2n) is 5.42. The molecule has 0 N–H and O–H groups in total. The maximum Gasteiger partial charge on any atom is 0.189 e. The van der Waals surface area contributed by atoms with Gasteiger partial charge in [-0.15, -0.1) is 0 Å². The van der Waals surface area contributed by atoms with Crippen molar-refractivity contribution < 1.29 is 0 Å². The minimum Gasteiger partial charge on any atom is -0.315 e. The van der Waals surface area contributed by atoms with Crippen LogP contribution in [0, 0.1) is 0 Å². The van der Waals surface area contributed by atoms with E-state index in [9.17, 15) is 0 Å². The Hall–Kier alpha value is -0.900. The predicted octanol–water partition coefficient (Wildman–Crippen LogP) is 4.32. The molecule has 0 aliphatic heterocycles. The number of aromatic nitrogens is 3. The van der Waals surface area contributed by atoms with Crippen LogP contribution in [0.1, 0.15) is 70.3 Å². The van der Waals surface area contributed by atoms with Gasteiger partial charge in [-0.05, 0) is 13.8 Å². The van der Waals surface area contributed by atoms with E-state index in [1.54, 1.807) is 11.3 Å². The highest BCUT2D eigenvalue weighted by atomic mass is 32.1. The van der Waals surface area contributed by atoms with Gasteiger partial charge in [0.05, 0.1) is 5.01 Å². The topological polar surface area (TPSA) is 30.7 Å². The molecule has 2 rings (SSSR count). The Kier molecular flexibility index (Phi) is 3.25. The van der Waals surface area contributed by atoms with Crippen molar-refractivity contribution in [2.24, 2.45) is 0 Å². The van der Waals surface area contributed by atoms with E-state index in [1.165, 1.54) is 9.84 Å². The summed E-state index contributed by atoms with van der Waals surface area (Å²) in [5, 5.41) is 1.19. The maximum atomic E-state index is 4.70. The first kappa shape index (κ1) is 12.6. The van der Waals surface area contributed by atoms with Crippen LogP contribution in [0.25, 0.3) is 10.5 Å². The molecule has 4 heteroatoms. The largest absolute Gasteiger partial charge is 0.315 e. The lowest BCUT2D eigenvalue weighted by atomic mass is 10.2. The molecule has 94 valence electrons. The summed E-state index contributed by atoms with van der Waals surface area (Å²) < 4.78 is 2.34. The Bertz CT molecular complexity index is 520. The van der Waals surface area contributed by atoms with E-state index in [0.29, 0.717) is 17.9 Å². The summed E-state index contributed by atoms with van der Waals surface area (Å²) in [5.74, 6) is 2.09. The molecule has 0 aromatic carbocycles. The molecule has 2 heterocycles. The zero-order valence-electron chi connectivity index (χ0n) is 11.5. The molecule has 2 aromatic rings. The van der Waals surface area contributed by atoms with Crippen LogP contribution in [0.2, 0.25) is 0 Å². The summed E-state index contributed by atoms with van der Waals surface area (Å²) in [6, 6.07) is 0.442. The van der Waals surface area contributed by atoms with Crippen LogP contribution in [-0.4, -0.2) is 14.5 Å². The average Bonchev–Trinajstić information content (AvgIpc) is 2.71. The molecule has 0 unspecified atom stereocenters. The molecule has 2 aromatic heterocycles. The third-order valence-electron chi connectivity index (χ3n) is 2.82. The molecule has 0 radical (unpaired) electrons. The predicted molar refractivity (Wildman–Crippen MR) is 74.0 cm³/mol. The number of rotatable bonds is 3. The Balaban J connectivity index is 2.64. The second-order valence-corrected chi connectivity index (χ2v) is 6.43. The smallest absolute Gasteiger partial charge is 0.189 e. The average molecular weight is 251 g/mol. The van der Waals surface area contributed by atoms with E-state index in [2.05, 4.69) is 51.1 Å². The van der Waals surface area contributed by atoms with Gasteiger partial charge in [0.2, 0.25) is 0 Å². The fraction of sp³-hybridized carbons (Fsp3) is 0.692. The van der Waals surface area contributed by atoms with Crippen molar-refractivity contribution in [1.29, 1.82) is 0 Å². The number of thiazole rings is 1. The lowest BCUT2D eigenvalue weighted by Crippen LogP contribution is -2.07. The highest BCUT2D eigenvalue weighted by molar-refractivity contribution is 7.18. The molecule has 3 nitrogen and oxygen atoms in total. The molecule has 0 aliphatic rings. The van der Waals surface area contributed by atoms with E-state index < -0.39 is 0 Å². The summed E-state index contributed by atoms with van der Waals surface area (Å²) >= 11 is 1.79. The van der Waals surface area contributed by atoms with Gasteiger partial charge in [-0.1, -0.05) is 39.0 Å². The summed E-state index contributed by atoms with van der Waals surface area (Å²) in [5.41, 5.74) is 0.927. The van der Waals surface area contributed by atoms with E-state index in [-0.39, 0.29) is 0 Å². The summed E-state index contributed by atoms with van der Waals surface area (Å²) in [6.07, 6.45) is 0. The van der Waals surface area contributed by atoms with Crippen molar-refractivity contribution in [3.05, 3.63) is 10.8 Å². The van der Waals surface area contributed by atoms with E-state index in [4.69, 9.17) is 4.98 Å². The molecule has 0 amide bonds. The van der Waals surface area contributed by atoms with E-state index in [1.807, 2.05) is 0 Å². The van der Waals surface area contributed by atoms with Crippen LogP contribution in [-0.2, 0) is 0 Å². The number of hydrogen-bond donors (Lipinski definition) is 0. The molecule has 0 aliphatic carbocycles. The minimum absolute atomic E-state index is 0.442. The van der Waals surface area contributed by atoms with Gasteiger partial charge >= 0.3 is 0 Å². The van der Waals surface area contributed by atoms with Crippen molar-refractivity contribution in [3.63, 3.8) is 0 Å². The molecular formula is C13H21N3S. The second kappa shape index (κ2) is 4.41. The van der Waals surface area contributed by atoms with Crippen molar-refractivity contribution >= 4 is 21.8 Å². The quantitative estimate of drug-likeness (QED) is 0.813. The van der Waals surface area contributed by atoms with Crippen molar-refractivity contribution in [2.75, 3.05) is 0 Å². The van der Waals surface area contributed by atoms with Crippen LogP contribution in [0.3, 0.4) is 0 Å². The minimum atomic E-state index is 0.442. The number of hydrogen-bond acceptors (Lipinski definition) is 3. The zero-order chi connectivity index (χ0) is 12.7. The highest BCUT2D eigenvalue weighted by Crippen LogP contribution is 2.32. The van der Waals surface area contributed by atoms with Crippen LogP contribution in [0.5, 0.6) is 0 Å². The van der Waals surface area contributed by atoms with Gasteiger partial charge in [0.25, 0.3) is 0 Å². The Morgan fingerprint density at radius 3 is 2.06 bits per heavy atom. The van der Waals surface area contributed by atoms with Crippen molar-refractivity contribution in [2.45, 2.75) is 59.4 Å². The van der Waals surface area contributed by atoms with E-state index in [0.717, 1.165) is 11.5 Å². The van der Waals surface area contributed by atoms with Crippen LogP contribution in [0.15, 0.2) is 0 Å². The Morgan fingerprint density at radius 1 is 0.941 bits per heavy atom. The van der Waals surface area contributed by atoms with Gasteiger partial charge in [0.15, 0.2) is 5.65 Å². The zero-order valence-corrected chi connectivity index (χ0v) is 12.3. The lowest BCUT2D eigenvalue weighted by molar-refractivity contribution is 0.566. The molecule has 0 fully saturated rings. The van der Waals surface area contributed by atoms with Gasteiger partial charge in [0.1, 0.15) is 10.7 Å². The van der Waals surface area contributed by atoms with Crippen LogP contribution >= 0.6 is 11.3 Å². The molecule has 0 spiro atoms. The first-order chi connectivity index (χ1) is 7.91. The lowest BCUT2D eigenvalue weighted by Gasteiger charge is -2.14. The number of nitrogens with zero attached hydrogens (tertiary/aromatic N) is 3. The maximum absolute atomic E-state index is 4.70. The summed E-state index contributed by atoms with van der Waals surface area (Å²) in [6.45, 7) is 13.2. The molecule has 0 saturated heterocycles. The van der Waals surface area contributed by atoms with Crippen molar-refractivity contribution in [1.82, 2.24) is 14.5 Å². The molecular weight excluding hydrogens is 230 g/mol. The number of fused-ring (bicyclic) bond motifs is 1. The molecule has 0 atom stereocenters. The highest BCUT2D eigenvalue weighted by Gasteiger charge is 2.20. The van der Waals surface area contributed by atoms with Crippen molar-refractivity contribution in [3.8, 4) is 0 Å². The third-order valence-corrected chi connectivity index (χ3v) is 4.17.